The quantitative estimate of drug-likeness (QED) is 0.633. The van der Waals surface area contributed by atoms with Crippen molar-refractivity contribution in [3.05, 3.63) is 70.4 Å². The van der Waals surface area contributed by atoms with Gasteiger partial charge in [-0.1, -0.05) is 24.3 Å². The lowest BCUT2D eigenvalue weighted by Gasteiger charge is -2.05. The van der Waals surface area contributed by atoms with Crippen molar-refractivity contribution in [2.24, 2.45) is 0 Å². The summed E-state index contributed by atoms with van der Waals surface area (Å²) in [5.41, 5.74) is 2.43. The maximum atomic E-state index is 13.3. The minimum atomic E-state index is -0.298. The lowest BCUT2D eigenvalue weighted by molar-refractivity contribution is 0.0994. The lowest BCUT2D eigenvalue weighted by Crippen LogP contribution is -2.04. The molecule has 0 saturated carbocycles. The highest BCUT2D eigenvalue weighted by atomic mass is 32.1. The topological polar surface area (TPSA) is 17.1 Å². The van der Waals surface area contributed by atoms with E-state index < -0.39 is 0 Å². The molecule has 2 aromatic carbocycles. The summed E-state index contributed by atoms with van der Waals surface area (Å²) < 4.78 is 14.4. The number of rotatable bonds is 3. The molecule has 1 heterocycles. The molecule has 0 amide bonds. The summed E-state index contributed by atoms with van der Waals surface area (Å²) in [6, 6.07) is 12.4. The molecule has 3 aromatic rings. The number of hydrogen-bond donors (Lipinski definition) is 0. The highest BCUT2D eigenvalue weighted by Gasteiger charge is 2.14. The van der Waals surface area contributed by atoms with E-state index in [1.165, 1.54) is 12.1 Å². The molecule has 0 aliphatic carbocycles. The van der Waals surface area contributed by atoms with Crippen molar-refractivity contribution in [2.45, 2.75) is 13.3 Å². The molecule has 0 aliphatic rings. The summed E-state index contributed by atoms with van der Waals surface area (Å²) in [5, 5.41) is 2.87. The largest absolute Gasteiger partial charge is 0.294 e. The van der Waals surface area contributed by atoms with Crippen molar-refractivity contribution in [1.29, 1.82) is 0 Å². The molecular weight excluding hydrogens is 271 g/mol. The van der Waals surface area contributed by atoms with Gasteiger partial charge in [-0.05, 0) is 36.2 Å². The lowest BCUT2D eigenvalue weighted by atomic mass is 9.99. The standard InChI is InChI=1S/C17H13FOS/c1-11-6-7-13(18)8-12(11)9-16(19)15-10-20-17-5-3-2-4-14(15)17/h2-8,10H,9H2,1H3. The SMILES string of the molecule is Cc1ccc(F)cc1CC(=O)c1csc2ccccc12. The van der Waals surface area contributed by atoms with Gasteiger partial charge in [0, 0.05) is 27.5 Å². The van der Waals surface area contributed by atoms with Gasteiger partial charge in [-0.2, -0.15) is 0 Å². The monoisotopic (exact) mass is 284 g/mol. The van der Waals surface area contributed by atoms with E-state index in [0.717, 1.165) is 26.8 Å². The summed E-state index contributed by atoms with van der Waals surface area (Å²) >= 11 is 1.57. The van der Waals surface area contributed by atoms with E-state index in [-0.39, 0.29) is 18.0 Å². The van der Waals surface area contributed by atoms with Gasteiger partial charge >= 0.3 is 0 Å². The summed E-state index contributed by atoms with van der Waals surface area (Å²) in [7, 11) is 0. The van der Waals surface area contributed by atoms with Crippen LogP contribution in [-0.2, 0) is 6.42 Å². The minimum Gasteiger partial charge on any atom is -0.294 e. The maximum absolute atomic E-state index is 13.3. The van der Waals surface area contributed by atoms with E-state index in [4.69, 9.17) is 0 Å². The first-order chi connectivity index (χ1) is 9.65. The van der Waals surface area contributed by atoms with Crippen LogP contribution in [0.4, 0.5) is 4.39 Å². The Balaban J connectivity index is 1.95. The number of fused-ring (bicyclic) bond motifs is 1. The highest BCUT2D eigenvalue weighted by Crippen LogP contribution is 2.27. The fourth-order valence-electron chi connectivity index (χ4n) is 2.29. The van der Waals surface area contributed by atoms with Gasteiger partial charge in [0.25, 0.3) is 0 Å². The van der Waals surface area contributed by atoms with E-state index in [9.17, 15) is 9.18 Å². The molecule has 0 saturated heterocycles. The number of aryl methyl sites for hydroxylation is 1. The van der Waals surface area contributed by atoms with Crippen LogP contribution in [0.25, 0.3) is 10.1 Å². The Morgan fingerprint density at radius 2 is 2.00 bits per heavy atom. The molecule has 1 aromatic heterocycles. The molecule has 0 atom stereocenters. The molecule has 3 heteroatoms. The van der Waals surface area contributed by atoms with Crippen molar-refractivity contribution in [1.82, 2.24) is 0 Å². The number of halogens is 1. The van der Waals surface area contributed by atoms with Crippen molar-refractivity contribution in [3.8, 4) is 0 Å². The number of carbonyl (C=O) groups excluding carboxylic acids is 1. The number of carbonyl (C=O) groups is 1. The third kappa shape index (κ3) is 2.37. The summed E-state index contributed by atoms with van der Waals surface area (Å²) in [6.45, 7) is 1.90. The van der Waals surface area contributed by atoms with E-state index in [0.29, 0.717) is 0 Å². The van der Waals surface area contributed by atoms with Crippen LogP contribution in [0.1, 0.15) is 21.5 Å². The summed E-state index contributed by atoms with van der Waals surface area (Å²) in [5.74, 6) is -0.260. The third-order valence-corrected chi connectivity index (χ3v) is 4.41. The van der Waals surface area contributed by atoms with Gasteiger partial charge in [0.2, 0.25) is 0 Å². The molecule has 100 valence electrons. The molecule has 0 radical (unpaired) electrons. The zero-order valence-electron chi connectivity index (χ0n) is 11.0. The Kier molecular flexibility index (Phi) is 3.36. The molecule has 0 fully saturated rings. The van der Waals surface area contributed by atoms with Gasteiger partial charge in [-0.25, -0.2) is 4.39 Å². The molecule has 0 bridgehead atoms. The van der Waals surface area contributed by atoms with Crippen LogP contribution in [0.5, 0.6) is 0 Å². The van der Waals surface area contributed by atoms with Gasteiger partial charge < -0.3 is 0 Å². The molecule has 3 rings (SSSR count). The molecular formula is C17H13FOS. The Hall–Kier alpha value is -2.00. The number of ketones is 1. The van der Waals surface area contributed by atoms with Crippen molar-refractivity contribution >= 4 is 27.2 Å². The first kappa shape index (κ1) is 13.0. The first-order valence-electron chi connectivity index (χ1n) is 6.39. The molecule has 0 N–H and O–H groups in total. The molecule has 0 unspecified atom stereocenters. The second-order valence-corrected chi connectivity index (χ2v) is 5.73. The summed E-state index contributed by atoms with van der Waals surface area (Å²) in [6.07, 6.45) is 0.240. The Bertz CT molecular complexity index is 789. The predicted octanol–water partition coefficient (Wildman–Crippen LogP) is 4.77. The average Bonchev–Trinajstić information content (AvgIpc) is 2.87. The Morgan fingerprint density at radius 1 is 1.20 bits per heavy atom. The van der Waals surface area contributed by atoms with Gasteiger partial charge in [0.1, 0.15) is 5.82 Å². The van der Waals surface area contributed by atoms with Gasteiger partial charge in [-0.15, -0.1) is 11.3 Å². The van der Waals surface area contributed by atoms with Crippen LogP contribution >= 0.6 is 11.3 Å². The fourth-order valence-corrected chi connectivity index (χ4v) is 3.26. The predicted molar refractivity (Wildman–Crippen MR) is 81.0 cm³/mol. The smallest absolute Gasteiger partial charge is 0.168 e. The number of hydrogen-bond acceptors (Lipinski definition) is 2. The van der Waals surface area contributed by atoms with Gasteiger partial charge in [-0.3, -0.25) is 4.79 Å². The molecule has 20 heavy (non-hydrogen) atoms. The van der Waals surface area contributed by atoms with E-state index in [2.05, 4.69) is 0 Å². The molecule has 1 nitrogen and oxygen atoms in total. The Labute approximate surface area is 120 Å². The van der Waals surface area contributed by atoms with Crippen LogP contribution in [0.15, 0.2) is 47.8 Å². The highest BCUT2D eigenvalue weighted by molar-refractivity contribution is 7.17. The molecule has 0 spiro atoms. The number of thiophene rings is 1. The van der Waals surface area contributed by atoms with Crippen molar-refractivity contribution in [2.75, 3.05) is 0 Å². The van der Waals surface area contributed by atoms with Crippen LogP contribution in [-0.4, -0.2) is 5.78 Å². The third-order valence-electron chi connectivity index (χ3n) is 3.44. The van der Waals surface area contributed by atoms with E-state index >= 15 is 0 Å². The van der Waals surface area contributed by atoms with E-state index in [1.54, 1.807) is 17.4 Å². The Morgan fingerprint density at radius 3 is 2.85 bits per heavy atom. The second kappa shape index (κ2) is 5.17. The van der Waals surface area contributed by atoms with Crippen LogP contribution < -0.4 is 0 Å². The maximum Gasteiger partial charge on any atom is 0.168 e. The van der Waals surface area contributed by atoms with Gasteiger partial charge in [0.05, 0.1) is 0 Å². The van der Waals surface area contributed by atoms with Crippen LogP contribution in [0.3, 0.4) is 0 Å². The zero-order valence-corrected chi connectivity index (χ0v) is 11.8. The first-order valence-corrected chi connectivity index (χ1v) is 7.27. The number of Topliss-reactive ketones (excluding diaryl/α,β-unsaturated/α-hetero) is 1. The fraction of sp³-hybridized carbons (Fsp3) is 0.118. The normalized spacial score (nSPS) is 10.9. The zero-order chi connectivity index (χ0) is 14.1. The van der Waals surface area contributed by atoms with Crippen molar-refractivity contribution < 1.29 is 9.18 Å². The van der Waals surface area contributed by atoms with Crippen LogP contribution in [0.2, 0.25) is 0 Å². The van der Waals surface area contributed by atoms with Crippen LogP contribution in [0, 0.1) is 12.7 Å². The minimum absolute atomic E-state index is 0.0381. The van der Waals surface area contributed by atoms with E-state index in [1.807, 2.05) is 36.6 Å². The van der Waals surface area contributed by atoms with Crippen molar-refractivity contribution in [3.63, 3.8) is 0 Å². The molecule has 0 aliphatic heterocycles. The second-order valence-electron chi connectivity index (χ2n) is 4.82. The van der Waals surface area contributed by atoms with Gasteiger partial charge in [0.15, 0.2) is 5.78 Å². The average molecular weight is 284 g/mol. The summed E-state index contributed by atoms with van der Waals surface area (Å²) in [4.78, 5) is 12.4. The number of benzene rings is 2.